The number of carbonyl (C=O) groups excluding carboxylic acids is 2. The predicted molar refractivity (Wildman–Crippen MR) is 106 cm³/mol. The minimum atomic E-state index is 0.0712. The Morgan fingerprint density at radius 3 is 2.04 bits per heavy atom. The first-order chi connectivity index (χ1) is 12.9. The Kier molecular flexibility index (Phi) is 6.50. The molecule has 2 fully saturated rings. The second kappa shape index (κ2) is 8.85. The lowest BCUT2D eigenvalue weighted by atomic mass is 10.1. The van der Waals surface area contributed by atoms with E-state index >= 15 is 0 Å². The maximum absolute atomic E-state index is 12.4. The van der Waals surface area contributed by atoms with Gasteiger partial charge in [-0.2, -0.15) is 0 Å². The summed E-state index contributed by atoms with van der Waals surface area (Å²) in [7, 11) is 0. The van der Waals surface area contributed by atoms with Crippen molar-refractivity contribution in [3.05, 3.63) is 29.3 Å². The van der Waals surface area contributed by atoms with Gasteiger partial charge in [0, 0.05) is 11.7 Å². The lowest BCUT2D eigenvalue weighted by Crippen LogP contribution is -3.28. The summed E-state index contributed by atoms with van der Waals surface area (Å²) in [4.78, 5) is 27.2. The van der Waals surface area contributed by atoms with E-state index in [0.717, 1.165) is 43.0 Å². The highest BCUT2D eigenvalue weighted by Gasteiger charge is 2.31. The van der Waals surface area contributed by atoms with Crippen LogP contribution in [-0.4, -0.2) is 57.1 Å². The third-order valence-corrected chi connectivity index (χ3v) is 5.95. The van der Waals surface area contributed by atoms with Crippen LogP contribution in [0, 0.1) is 19.8 Å². The van der Waals surface area contributed by atoms with Crippen LogP contribution in [-0.2, 0) is 9.59 Å². The average Bonchev–Trinajstić information content (AvgIpc) is 3.45. The number of nitrogens with one attached hydrogen (secondary N) is 4. The molecule has 4 N–H and O–H groups in total. The van der Waals surface area contributed by atoms with Gasteiger partial charge in [0.1, 0.15) is 26.2 Å². The van der Waals surface area contributed by atoms with Gasteiger partial charge in [0.05, 0.1) is 0 Å². The maximum Gasteiger partial charge on any atom is 0.279 e. The third-order valence-electron chi connectivity index (χ3n) is 5.95. The molecule has 148 valence electrons. The number of piperazine rings is 1. The molecule has 2 aliphatic rings. The molecule has 27 heavy (non-hydrogen) atoms. The molecule has 6 nitrogen and oxygen atoms in total. The first-order valence-corrected chi connectivity index (χ1v) is 10.2. The molecule has 2 amide bonds. The standard InChI is InChI=1S/C21H32N4O2/c1-15-5-4-6-16(2)21(15)23-20(27)14-25-11-9-24(10-12-25)13-19(26)22-17(3)18-7-8-18/h4-6,17-18H,7-14H2,1-3H3,(H,22,26)(H,23,27)/p+2/t17-/m0/s1. The van der Waals surface area contributed by atoms with Gasteiger partial charge in [-0.3, -0.25) is 9.59 Å². The monoisotopic (exact) mass is 374 g/mol. The molecular weight excluding hydrogens is 340 g/mol. The summed E-state index contributed by atoms with van der Waals surface area (Å²) in [5.74, 6) is 0.933. The van der Waals surface area contributed by atoms with Crippen LogP contribution in [0.3, 0.4) is 0 Å². The molecule has 1 atom stereocenters. The smallest absolute Gasteiger partial charge is 0.279 e. The molecule has 3 rings (SSSR count). The lowest BCUT2D eigenvalue weighted by Gasteiger charge is -2.29. The fourth-order valence-corrected chi connectivity index (χ4v) is 3.98. The molecule has 1 saturated heterocycles. The highest BCUT2D eigenvalue weighted by Crippen LogP contribution is 2.32. The molecular formula is C21H34N4O2+2. The summed E-state index contributed by atoms with van der Waals surface area (Å²) in [6.07, 6.45) is 2.50. The Morgan fingerprint density at radius 2 is 1.52 bits per heavy atom. The molecule has 6 heteroatoms. The van der Waals surface area contributed by atoms with E-state index in [1.165, 1.54) is 22.6 Å². The molecule has 0 bridgehead atoms. The van der Waals surface area contributed by atoms with E-state index in [2.05, 4.69) is 17.6 Å². The van der Waals surface area contributed by atoms with E-state index in [9.17, 15) is 9.59 Å². The normalized spacial score (nSPS) is 23.5. The maximum atomic E-state index is 12.4. The van der Waals surface area contributed by atoms with Crippen molar-refractivity contribution >= 4 is 17.5 Å². The summed E-state index contributed by atoms with van der Waals surface area (Å²) >= 11 is 0. The number of anilines is 1. The SMILES string of the molecule is Cc1cccc(C)c1NC(=O)C[NH+]1CC[NH+](CC(=O)N[C@@H](C)C2CC2)CC1. The Bertz CT molecular complexity index is 659. The summed E-state index contributed by atoms with van der Waals surface area (Å²) in [6, 6.07) is 6.37. The van der Waals surface area contributed by atoms with Crippen LogP contribution in [0.25, 0.3) is 0 Å². The van der Waals surface area contributed by atoms with Crippen LogP contribution in [0.1, 0.15) is 30.9 Å². The van der Waals surface area contributed by atoms with Gasteiger partial charge in [-0.1, -0.05) is 18.2 Å². The van der Waals surface area contributed by atoms with Crippen molar-refractivity contribution in [2.45, 2.75) is 39.7 Å². The van der Waals surface area contributed by atoms with Crippen molar-refractivity contribution in [1.29, 1.82) is 0 Å². The number of hydrogen-bond donors (Lipinski definition) is 4. The van der Waals surface area contributed by atoms with Crippen molar-refractivity contribution < 1.29 is 19.4 Å². The largest absolute Gasteiger partial charge is 0.348 e. The quantitative estimate of drug-likeness (QED) is 0.492. The Balaban J connectivity index is 1.38. The van der Waals surface area contributed by atoms with E-state index in [-0.39, 0.29) is 11.8 Å². The van der Waals surface area contributed by atoms with E-state index < -0.39 is 0 Å². The molecule has 1 heterocycles. The van der Waals surface area contributed by atoms with Crippen molar-refractivity contribution in [3.8, 4) is 0 Å². The number of benzene rings is 1. The Hall–Kier alpha value is -1.92. The van der Waals surface area contributed by atoms with Gasteiger partial charge in [0.15, 0.2) is 13.1 Å². The van der Waals surface area contributed by atoms with Gasteiger partial charge in [0.25, 0.3) is 11.8 Å². The van der Waals surface area contributed by atoms with E-state index in [1.54, 1.807) is 0 Å². The number of amides is 2. The molecule has 1 saturated carbocycles. The zero-order valence-corrected chi connectivity index (χ0v) is 16.9. The fraction of sp³-hybridized carbons (Fsp3) is 0.619. The van der Waals surface area contributed by atoms with Crippen molar-refractivity contribution in [1.82, 2.24) is 5.32 Å². The average molecular weight is 375 g/mol. The minimum absolute atomic E-state index is 0.0712. The molecule has 1 aromatic rings. The summed E-state index contributed by atoms with van der Waals surface area (Å²) < 4.78 is 0. The van der Waals surface area contributed by atoms with Gasteiger partial charge in [-0.25, -0.2) is 0 Å². The first kappa shape index (κ1) is 19.8. The topological polar surface area (TPSA) is 67.1 Å². The lowest BCUT2D eigenvalue weighted by molar-refractivity contribution is -1.00. The summed E-state index contributed by atoms with van der Waals surface area (Å²) in [5.41, 5.74) is 3.13. The molecule has 1 aliphatic carbocycles. The number of para-hydroxylation sites is 1. The van der Waals surface area contributed by atoms with Crippen LogP contribution in [0.4, 0.5) is 5.69 Å². The van der Waals surface area contributed by atoms with Crippen LogP contribution in [0.15, 0.2) is 18.2 Å². The zero-order valence-electron chi connectivity index (χ0n) is 16.9. The number of aryl methyl sites for hydroxylation is 2. The molecule has 0 unspecified atom stereocenters. The minimum Gasteiger partial charge on any atom is -0.348 e. The second-order valence-electron chi connectivity index (χ2n) is 8.36. The summed E-state index contributed by atoms with van der Waals surface area (Å²) in [6.45, 7) is 10.9. The van der Waals surface area contributed by atoms with Crippen LogP contribution in [0.2, 0.25) is 0 Å². The molecule has 0 aromatic heterocycles. The molecule has 0 radical (unpaired) electrons. The van der Waals surface area contributed by atoms with Gasteiger partial charge in [-0.05, 0) is 50.7 Å². The number of hydrogen-bond acceptors (Lipinski definition) is 2. The van der Waals surface area contributed by atoms with Crippen molar-refractivity contribution in [2.24, 2.45) is 5.92 Å². The van der Waals surface area contributed by atoms with Crippen molar-refractivity contribution in [3.63, 3.8) is 0 Å². The highest BCUT2D eigenvalue weighted by molar-refractivity contribution is 5.93. The molecule has 1 aliphatic heterocycles. The van der Waals surface area contributed by atoms with Gasteiger partial charge >= 0.3 is 0 Å². The van der Waals surface area contributed by atoms with Crippen LogP contribution in [0.5, 0.6) is 0 Å². The number of quaternary nitrogens is 2. The van der Waals surface area contributed by atoms with Gasteiger partial charge < -0.3 is 20.4 Å². The van der Waals surface area contributed by atoms with Crippen LogP contribution < -0.4 is 20.4 Å². The molecule has 1 aromatic carbocycles. The zero-order chi connectivity index (χ0) is 19.4. The van der Waals surface area contributed by atoms with Crippen molar-refractivity contribution in [2.75, 3.05) is 44.6 Å². The van der Waals surface area contributed by atoms with Gasteiger partial charge in [-0.15, -0.1) is 0 Å². The Labute approximate surface area is 162 Å². The Morgan fingerprint density at radius 1 is 1.00 bits per heavy atom. The molecule has 0 spiro atoms. The number of carbonyl (C=O) groups is 2. The fourth-order valence-electron chi connectivity index (χ4n) is 3.98. The van der Waals surface area contributed by atoms with E-state index in [4.69, 9.17) is 0 Å². The number of rotatable bonds is 7. The summed E-state index contributed by atoms with van der Waals surface area (Å²) in [5, 5.41) is 6.22. The highest BCUT2D eigenvalue weighted by atomic mass is 16.2. The van der Waals surface area contributed by atoms with E-state index in [1.807, 2.05) is 32.0 Å². The second-order valence-corrected chi connectivity index (χ2v) is 8.36. The first-order valence-electron chi connectivity index (χ1n) is 10.2. The van der Waals surface area contributed by atoms with E-state index in [0.29, 0.717) is 25.0 Å². The predicted octanol–water partition coefficient (Wildman–Crippen LogP) is -1.06. The van der Waals surface area contributed by atoms with Gasteiger partial charge in [0.2, 0.25) is 0 Å². The third kappa shape index (κ3) is 5.78. The van der Waals surface area contributed by atoms with Crippen LogP contribution >= 0.6 is 0 Å².